The van der Waals surface area contributed by atoms with Crippen molar-refractivity contribution in [3.8, 4) is 0 Å². The summed E-state index contributed by atoms with van der Waals surface area (Å²) in [5.74, 6) is 0.595. The maximum absolute atomic E-state index is 4.74. The molecule has 0 radical (unpaired) electrons. The summed E-state index contributed by atoms with van der Waals surface area (Å²) in [5.41, 5.74) is 6.20. The maximum atomic E-state index is 4.74. The molecular formula is C24H22N2. The molecular weight excluding hydrogens is 316 g/mol. The molecule has 2 aliphatic rings. The molecule has 1 atom stereocenters. The summed E-state index contributed by atoms with van der Waals surface area (Å²) in [5, 5.41) is 2.48. The highest BCUT2D eigenvalue weighted by atomic mass is 14.7. The number of benzene rings is 1. The van der Waals surface area contributed by atoms with E-state index in [0.717, 1.165) is 30.3 Å². The van der Waals surface area contributed by atoms with E-state index in [1.54, 1.807) is 0 Å². The molecule has 2 heterocycles. The Bertz CT molecular complexity index is 1070. The molecule has 0 bridgehead atoms. The van der Waals surface area contributed by atoms with Gasteiger partial charge in [0.1, 0.15) is 0 Å². The first kappa shape index (κ1) is 15.5. The van der Waals surface area contributed by atoms with Crippen LogP contribution in [0.4, 0.5) is 0 Å². The molecule has 2 nitrogen and oxygen atoms in total. The molecule has 26 heavy (non-hydrogen) atoms. The predicted octanol–water partition coefficient (Wildman–Crippen LogP) is 6.34. The summed E-state index contributed by atoms with van der Waals surface area (Å²) in [6, 6.07) is 8.87. The number of hydrogen-bond donors (Lipinski definition) is 0. The third kappa shape index (κ3) is 2.57. The summed E-state index contributed by atoms with van der Waals surface area (Å²) in [7, 11) is 0. The number of nitrogens with zero attached hydrogens (tertiary/aromatic N) is 2. The van der Waals surface area contributed by atoms with Gasteiger partial charge in [0.15, 0.2) is 0 Å². The van der Waals surface area contributed by atoms with Crippen LogP contribution in [-0.2, 0) is 0 Å². The Balaban J connectivity index is 1.72. The van der Waals surface area contributed by atoms with Crippen LogP contribution in [-0.4, -0.2) is 9.97 Å². The topological polar surface area (TPSA) is 25.8 Å². The van der Waals surface area contributed by atoms with Crippen molar-refractivity contribution in [1.82, 2.24) is 9.97 Å². The quantitative estimate of drug-likeness (QED) is 0.402. The fourth-order valence-electron chi connectivity index (χ4n) is 4.39. The Morgan fingerprint density at radius 1 is 0.808 bits per heavy atom. The highest BCUT2D eigenvalue weighted by Crippen LogP contribution is 2.37. The number of fused-ring (bicyclic) bond motifs is 3. The first-order valence-electron chi connectivity index (χ1n) is 9.59. The van der Waals surface area contributed by atoms with Gasteiger partial charge in [-0.25, -0.2) is 0 Å². The predicted molar refractivity (Wildman–Crippen MR) is 109 cm³/mol. The van der Waals surface area contributed by atoms with Gasteiger partial charge in [0.2, 0.25) is 0 Å². The van der Waals surface area contributed by atoms with E-state index in [9.17, 15) is 0 Å². The van der Waals surface area contributed by atoms with E-state index < -0.39 is 0 Å². The molecule has 0 fully saturated rings. The first-order valence-corrected chi connectivity index (χ1v) is 9.59. The van der Waals surface area contributed by atoms with E-state index in [0.29, 0.717) is 5.92 Å². The van der Waals surface area contributed by atoms with Crippen LogP contribution in [0.25, 0.3) is 27.4 Å². The Labute approximate surface area is 154 Å². The second-order valence-corrected chi connectivity index (χ2v) is 7.26. The largest absolute Gasteiger partial charge is 0.254 e. The third-order valence-electron chi connectivity index (χ3n) is 5.72. The van der Waals surface area contributed by atoms with Gasteiger partial charge >= 0.3 is 0 Å². The van der Waals surface area contributed by atoms with Crippen LogP contribution in [0.3, 0.4) is 0 Å². The Morgan fingerprint density at radius 2 is 1.65 bits per heavy atom. The summed E-state index contributed by atoms with van der Waals surface area (Å²) < 4.78 is 0. The molecule has 0 aliphatic heterocycles. The standard InChI is InChI=1S/C24H22N2/c1-3-7-17(8-4-1)19-13-15-25-23-21(19)11-12-22-20(14-16-26-24(22)23)18-9-5-2-6-10-18/h1-3,5,7,11-16,18H,4,6,8-10H2. The van der Waals surface area contributed by atoms with E-state index in [1.807, 2.05) is 12.4 Å². The van der Waals surface area contributed by atoms with E-state index in [2.05, 4.69) is 54.6 Å². The molecule has 5 rings (SSSR count). The minimum absolute atomic E-state index is 0.595. The van der Waals surface area contributed by atoms with Crippen molar-refractivity contribution in [2.75, 3.05) is 0 Å². The van der Waals surface area contributed by atoms with Gasteiger partial charge in [0, 0.05) is 23.2 Å². The Kier molecular flexibility index (Phi) is 3.89. The Hall–Kier alpha value is -2.74. The zero-order chi connectivity index (χ0) is 17.3. The lowest BCUT2D eigenvalue weighted by molar-refractivity contribution is 0.621. The number of allylic oxidation sites excluding steroid dienone is 6. The smallest absolute Gasteiger partial charge is 0.0970 e. The summed E-state index contributed by atoms with van der Waals surface area (Å²) in [6.45, 7) is 0. The number of hydrogen-bond acceptors (Lipinski definition) is 2. The zero-order valence-electron chi connectivity index (χ0n) is 14.9. The molecule has 128 valence electrons. The van der Waals surface area contributed by atoms with Gasteiger partial charge < -0.3 is 0 Å². The van der Waals surface area contributed by atoms with Gasteiger partial charge in [-0.2, -0.15) is 0 Å². The second kappa shape index (κ2) is 6.53. The average molecular weight is 338 g/mol. The molecule has 1 aromatic carbocycles. The zero-order valence-corrected chi connectivity index (χ0v) is 14.9. The molecule has 2 heteroatoms. The third-order valence-corrected chi connectivity index (χ3v) is 5.72. The molecule has 0 spiro atoms. The molecule has 0 saturated carbocycles. The van der Waals surface area contributed by atoms with Crippen molar-refractivity contribution >= 4 is 27.4 Å². The lowest BCUT2D eigenvalue weighted by atomic mass is 9.85. The average Bonchev–Trinajstić information content (AvgIpc) is 2.74. The van der Waals surface area contributed by atoms with Crippen LogP contribution >= 0.6 is 0 Å². The molecule has 0 N–H and O–H groups in total. The van der Waals surface area contributed by atoms with Crippen molar-refractivity contribution in [2.24, 2.45) is 0 Å². The SMILES string of the molecule is C1=CCCC(c2ccnc3c2ccc2c(C4CC=CCC4)ccnc23)=C1. The van der Waals surface area contributed by atoms with E-state index in [-0.39, 0.29) is 0 Å². The number of rotatable bonds is 2. The molecule has 0 amide bonds. The minimum Gasteiger partial charge on any atom is -0.254 e. The normalized spacial score (nSPS) is 19.8. The molecule has 2 aliphatic carbocycles. The van der Waals surface area contributed by atoms with Crippen LogP contribution in [0.2, 0.25) is 0 Å². The van der Waals surface area contributed by atoms with Crippen LogP contribution in [0.15, 0.2) is 67.0 Å². The monoisotopic (exact) mass is 338 g/mol. The van der Waals surface area contributed by atoms with Crippen molar-refractivity contribution in [1.29, 1.82) is 0 Å². The summed E-state index contributed by atoms with van der Waals surface area (Å²) >= 11 is 0. The lowest BCUT2D eigenvalue weighted by Crippen LogP contribution is -2.02. The van der Waals surface area contributed by atoms with Crippen molar-refractivity contribution in [3.63, 3.8) is 0 Å². The van der Waals surface area contributed by atoms with Crippen molar-refractivity contribution in [3.05, 3.63) is 78.2 Å². The fourth-order valence-corrected chi connectivity index (χ4v) is 4.39. The van der Waals surface area contributed by atoms with Crippen LogP contribution in [0.1, 0.15) is 49.1 Å². The molecule has 2 aromatic heterocycles. The Morgan fingerprint density at radius 3 is 2.46 bits per heavy atom. The van der Waals surface area contributed by atoms with Gasteiger partial charge in [0.05, 0.1) is 11.0 Å². The summed E-state index contributed by atoms with van der Waals surface area (Å²) in [4.78, 5) is 9.47. The first-order chi connectivity index (χ1) is 12.9. The van der Waals surface area contributed by atoms with Crippen LogP contribution in [0.5, 0.6) is 0 Å². The molecule has 3 aromatic rings. The van der Waals surface area contributed by atoms with Gasteiger partial charge in [-0.1, -0.05) is 42.5 Å². The van der Waals surface area contributed by atoms with Crippen molar-refractivity contribution < 1.29 is 0 Å². The van der Waals surface area contributed by atoms with Crippen LogP contribution in [0, 0.1) is 0 Å². The number of pyridine rings is 2. The lowest BCUT2D eigenvalue weighted by Gasteiger charge is -2.20. The highest BCUT2D eigenvalue weighted by molar-refractivity contribution is 6.07. The second-order valence-electron chi connectivity index (χ2n) is 7.26. The van der Waals surface area contributed by atoms with E-state index >= 15 is 0 Å². The van der Waals surface area contributed by atoms with Gasteiger partial charge in [-0.05, 0) is 66.9 Å². The van der Waals surface area contributed by atoms with Gasteiger partial charge in [-0.3, -0.25) is 9.97 Å². The van der Waals surface area contributed by atoms with Crippen LogP contribution < -0.4 is 0 Å². The van der Waals surface area contributed by atoms with E-state index in [1.165, 1.54) is 40.3 Å². The minimum atomic E-state index is 0.595. The number of aromatic nitrogens is 2. The fraction of sp³-hybridized carbons (Fsp3) is 0.250. The molecule has 1 unspecified atom stereocenters. The van der Waals surface area contributed by atoms with E-state index in [4.69, 9.17) is 9.97 Å². The summed E-state index contributed by atoms with van der Waals surface area (Å²) in [6.07, 6.45) is 20.9. The van der Waals surface area contributed by atoms with Gasteiger partial charge in [-0.15, -0.1) is 0 Å². The highest BCUT2D eigenvalue weighted by Gasteiger charge is 2.18. The maximum Gasteiger partial charge on any atom is 0.0970 e. The van der Waals surface area contributed by atoms with Gasteiger partial charge in [0.25, 0.3) is 0 Å². The van der Waals surface area contributed by atoms with Crippen molar-refractivity contribution in [2.45, 2.75) is 38.0 Å². The molecule has 0 saturated heterocycles.